The van der Waals surface area contributed by atoms with Gasteiger partial charge in [-0.25, -0.2) is 4.39 Å². The summed E-state index contributed by atoms with van der Waals surface area (Å²) in [7, 11) is 0. The summed E-state index contributed by atoms with van der Waals surface area (Å²) in [5.74, 6) is -0.961. The van der Waals surface area contributed by atoms with Gasteiger partial charge in [0.15, 0.2) is 0 Å². The number of phenolic OH excluding ortho intramolecular Hbond substituents is 1. The van der Waals surface area contributed by atoms with E-state index in [0.717, 1.165) is 0 Å². The molecule has 0 saturated heterocycles. The molecule has 0 fully saturated rings. The van der Waals surface area contributed by atoms with E-state index in [1.165, 1.54) is 18.2 Å². The van der Waals surface area contributed by atoms with Crippen molar-refractivity contribution in [1.29, 1.82) is 0 Å². The summed E-state index contributed by atoms with van der Waals surface area (Å²) in [6.07, 6.45) is 0. The number of aromatic hydroxyl groups is 1. The minimum atomic E-state index is -0.628. The van der Waals surface area contributed by atoms with Crippen molar-refractivity contribution in [2.75, 3.05) is 11.1 Å². The predicted molar refractivity (Wildman–Crippen MR) is 76.3 cm³/mol. The first-order valence-electron chi connectivity index (χ1n) is 6.05. The first-order chi connectivity index (χ1) is 9.40. The normalized spacial score (nSPS) is 10.3. The summed E-state index contributed by atoms with van der Waals surface area (Å²) in [6.45, 7) is 3.48. The summed E-state index contributed by atoms with van der Waals surface area (Å²) in [5, 5.41) is 12.2. The van der Waals surface area contributed by atoms with Crippen LogP contribution in [0.5, 0.6) is 5.75 Å². The van der Waals surface area contributed by atoms with Gasteiger partial charge in [-0.1, -0.05) is 6.07 Å². The number of aryl methyl sites for hydroxylation is 2. The van der Waals surface area contributed by atoms with Crippen LogP contribution in [0.3, 0.4) is 0 Å². The SMILES string of the molecule is Cc1cc(NC(=O)c2cccc(F)c2N)c(C)cc1O. The van der Waals surface area contributed by atoms with Crippen LogP contribution in [0.4, 0.5) is 15.8 Å². The lowest BCUT2D eigenvalue weighted by Crippen LogP contribution is -2.15. The van der Waals surface area contributed by atoms with Crippen LogP contribution >= 0.6 is 0 Å². The van der Waals surface area contributed by atoms with Crippen LogP contribution in [0, 0.1) is 19.7 Å². The number of rotatable bonds is 2. The zero-order valence-corrected chi connectivity index (χ0v) is 11.2. The number of carbonyl (C=O) groups excluding carboxylic acids is 1. The number of nitrogen functional groups attached to an aromatic ring is 1. The second kappa shape index (κ2) is 5.21. The maximum atomic E-state index is 13.3. The number of nitrogens with one attached hydrogen (secondary N) is 1. The van der Waals surface area contributed by atoms with E-state index in [2.05, 4.69) is 5.32 Å². The van der Waals surface area contributed by atoms with Gasteiger partial charge in [-0.05, 0) is 49.2 Å². The van der Waals surface area contributed by atoms with Gasteiger partial charge >= 0.3 is 0 Å². The van der Waals surface area contributed by atoms with E-state index in [4.69, 9.17) is 5.73 Å². The molecule has 0 radical (unpaired) electrons. The molecule has 0 aliphatic heterocycles. The lowest BCUT2D eigenvalue weighted by Gasteiger charge is -2.12. The van der Waals surface area contributed by atoms with E-state index in [1.54, 1.807) is 26.0 Å². The molecule has 0 unspecified atom stereocenters. The largest absolute Gasteiger partial charge is 0.508 e. The predicted octanol–water partition coefficient (Wildman–Crippen LogP) is 2.98. The van der Waals surface area contributed by atoms with Crippen molar-refractivity contribution in [1.82, 2.24) is 0 Å². The fourth-order valence-corrected chi connectivity index (χ4v) is 1.86. The van der Waals surface area contributed by atoms with Gasteiger partial charge in [0, 0.05) is 5.69 Å². The molecule has 0 atom stereocenters. The van der Waals surface area contributed by atoms with Gasteiger partial charge in [-0.2, -0.15) is 0 Å². The number of halogens is 1. The molecule has 5 heteroatoms. The van der Waals surface area contributed by atoms with E-state index in [9.17, 15) is 14.3 Å². The van der Waals surface area contributed by atoms with Crippen molar-refractivity contribution in [2.45, 2.75) is 13.8 Å². The minimum absolute atomic E-state index is 0.0788. The summed E-state index contributed by atoms with van der Waals surface area (Å²) >= 11 is 0. The Hall–Kier alpha value is -2.56. The molecule has 0 aromatic heterocycles. The van der Waals surface area contributed by atoms with Crippen LogP contribution in [0.1, 0.15) is 21.5 Å². The average Bonchev–Trinajstić information content (AvgIpc) is 2.39. The number of hydrogen-bond donors (Lipinski definition) is 3. The van der Waals surface area contributed by atoms with Crippen LogP contribution in [0.15, 0.2) is 30.3 Å². The van der Waals surface area contributed by atoms with Crippen molar-refractivity contribution in [3.8, 4) is 5.75 Å². The van der Waals surface area contributed by atoms with Crippen LogP contribution in [0.2, 0.25) is 0 Å². The molecule has 0 spiro atoms. The highest BCUT2D eigenvalue weighted by atomic mass is 19.1. The molecule has 2 aromatic rings. The Morgan fingerprint density at radius 2 is 1.95 bits per heavy atom. The van der Waals surface area contributed by atoms with E-state index in [0.29, 0.717) is 16.8 Å². The number of benzene rings is 2. The number of phenols is 1. The highest BCUT2D eigenvalue weighted by Gasteiger charge is 2.14. The first-order valence-corrected chi connectivity index (χ1v) is 6.05. The third-order valence-electron chi connectivity index (χ3n) is 3.09. The van der Waals surface area contributed by atoms with Gasteiger partial charge in [0.05, 0.1) is 11.3 Å². The molecule has 1 amide bonds. The molecule has 2 aromatic carbocycles. The van der Waals surface area contributed by atoms with Crippen molar-refractivity contribution in [2.24, 2.45) is 0 Å². The number of anilines is 2. The fourth-order valence-electron chi connectivity index (χ4n) is 1.86. The van der Waals surface area contributed by atoms with Gasteiger partial charge < -0.3 is 16.2 Å². The van der Waals surface area contributed by atoms with E-state index >= 15 is 0 Å². The summed E-state index contributed by atoms with van der Waals surface area (Å²) in [4.78, 5) is 12.1. The molecule has 0 bridgehead atoms. The van der Waals surface area contributed by atoms with Gasteiger partial charge in [0.25, 0.3) is 5.91 Å². The van der Waals surface area contributed by atoms with Crippen LogP contribution in [-0.4, -0.2) is 11.0 Å². The summed E-state index contributed by atoms with van der Waals surface area (Å²) < 4.78 is 13.3. The summed E-state index contributed by atoms with van der Waals surface area (Å²) in [5.41, 5.74) is 7.34. The highest BCUT2D eigenvalue weighted by Crippen LogP contribution is 2.26. The van der Waals surface area contributed by atoms with E-state index in [-0.39, 0.29) is 17.0 Å². The number of nitrogens with two attached hydrogens (primary N) is 1. The van der Waals surface area contributed by atoms with Crippen molar-refractivity contribution < 1.29 is 14.3 Å². The smallest absolute Gasteiger partial charge is 0.257 e. The molecule has 2 rings (SSSR count). The molecule has 0 saturated carbocycles. The molecule has 104 valence electrons. The maximum Gasteiger partial charge on any atom is 0.257 e. The summed E-state index contributed by atoms with van der Waals surface area (Å²) in [6, 6.07) is 7.28. The standard InChI is InChI=1S/C15H15FN2O2/c1-8-7-13(19)9(2)6-12(8)18-15(20)10-4-3-5-11(16)14(10)17/h3-7,19H,17H2,1-2H3,(H,18,20). The Kier molecular flexibility index (Phi) is 3.61. The van der Waals surface area contributed by atoms with Crippen LogP contribution in [-0.2, 0) is 0 Å². The van der Waals surface area contributed by atoms with Crippen LogP contribution < -0.4 is 11.1 Å². The number of carbonyl (C=O) groups is 1. The second-order valence-corrected chi connectivity index (χ2v) is 4.61. The first kappa shape index (κ1) is 13.9. The van der Waals surface area contributed by atoms with Crippen molar-refractivity contribution >= 4 is 17.3 Å². The fraction of sp³-hybridized carbons (Fsp3) is 0.133. The number of amides is 1. The Balaban J connectivity index is 2.33. The van der Waals surface area contributed by atoms with Gasteiger partial charge in [0.1, 0.15) is 11.6 Å². The third kappa shape index (κ3) is 2.56. The number of para-hydroxylation sites is 1. The van der Waals surface area contributed by atoms with E-state index < -0.39 is 11.7 Å². The highest BCUT2D eigenvalue weighted by molar-refractivity contribution is 6.08. The monoisotopic (exact) mass is 274 g/mol. The topological polar surface area (TPSA) is 75.4 Å². The van der Waals surface area contributed by atoms with Crippen LogP contribution in [0.25, 0.3) is 0 Å². The maximum absolute atomic E-state index is 13.3. The lowest BCUT2D eigenvalue weighted by molar-refractivity contribution is 0.102. The Bertz CT molecular complexity index is 684. The molecule has 0 aliphatic rings. The molecule has 0 heterocycles. The lowest BCUT2D eigenvalue weighted by atomic mass is 10.1. The van der Waals surface area contributed by atoms with Crippen molar-refractivity contribution in [3.05, 3.63) is 52.8 Å². The molecule has 0 aliphatic carbocycles. The molecule has 20 heavy (non-hydrogen) atoms. The Morgan fingerprint density at radius 1 is 1.25 bits per heavy atom. The van der Waals surface area contributed by atoms with Gasteiger partial charge in [-0.15, -0.1) is 0 Å². The second-order valence-electron chi connectivity index (χ2n) is 4.61. The van der Waals surface area contributed by atoms with Gasteiger partial charge in [-0.3, -0.25) is 4.79 Å². The number of hydrogen-bond acceptors (Lipinski definition) is 3. The van der Waals surface area contributed by atoms with Gasteiger partial charge in [0.2, 0.25) is 0 Å². The Labute approximate surface area is 116 Å². The quantitative estimate of drug-likeness (QED) is 0.582. The zero-order chi connectivity index (χ0) is 14.9. The molecule has 4 nitrogen and oxygen atoms in total. The third-order valence-corrected chi connectivity index (χ3v) is 3.09. The molecule has 4 N–H and O–H groups in total. The molecular weight excluding hydrogens is 259 g/mol. The Morgan fingerprint density at radius 3 is 2.65 bits per heavy atom. The minimum Gasteiger partial charge on any atom is -0.508 e. The molecular formula is C15H15FN2O2. The van der Waals surface area contributed by atoms with E-state index in [1.807, 2.05) is 0 Å². The van der Waals surface area contributed by atoms with Crippen molar-refractivity contribution in [3.63, 3.8) is 0 Å². The zero-order valence-electron chi connectivity index (χ0n) is 11.2. The average molecular weight is 274 g/mol.